The van der Waals surface area contributed by atoms with Gasteiger partial charge in [-0.25, -0.2) is 0 Å². The van der Waals surface area contributed by atoms with Crippen LogP contribution in [-0.2, 0) is 5.41 Å². The predicted octanol–water partition coefficient (Wildman–Crippen LogP) is 4.12. The molecule has 1 aromatic rings. The minimum atomic E-state index is 0.326. The van der Waals surface area contributed by atoms with Crippen LogP contribution < -0.4 is 5.32 Å². The molecule has 1 N–H and O–H groups in total. The van der Waals surface area contributed by atoms with Gasteiger partial charge in [-0.1, -0.05) is 52.0 Å². The number of hydrogen-bond donors (Lipinski definition) is 1. The van der Waals surface area contributed by atoms with Crippen LogP contribution in [0, 0.1) is 0 Å². The molecule has 0 saturated carbocycles. The molecule has 0 amide bonds. The molecule has 2 heteroatoms. The van der Waals surface area contributed by atoms with E-state index in [-0.39, 0.29) is 0 Å². The molecule has 0 heterocycles. The summed E-state index contributed by atoms with van der Waals surface area (Å²) in [4.78, 5) is 2.53. The lowest BCUT2D eigenvalue weighted by molar-refractivity contribution is 0.274. The molecule has 0 bridgehead atoms. The van der Waals surface area contributed by atoms with Crippen molar-refractivity contribution >= 4 is 0 Å². The number of nitrogens with one attached hydrogen (secondary N) is 1. The fourth-order valence-corrected chi connectivity index (χ4v) is 3.57. The topological polar surface area (TPSA) is 15.3 Å². The third-order valence-corrected chi connectivity index (χ3v) is 4.93. The minimum Gasteiger partial charge on any atom is -0.309 e. The SMILES string of the molecule is CCCN(CC)CCNC1CCC(C)(C)c2ccccc21. The fourth-order valence-electron chi connectivity index (χ4n) is 3.57. The zero-order chi connectivity index (χ0) is 15.3. The van der Waals surface area contributed by atoms with Crippen molar-refractivity contribution in [2.24, 2.45) is 0 Å². The summed E-state index contributed by atoms with van der Waals surface area (Å²) in [6.07, 6.45) is 3.77. The maximum atomic E-state index is 3.80. The van der Waals surface area contributed by atoms with Gasteiger partial charge >= 0.3 is 0 Å². The fraction of sp³-hybridized carbons (Fsp3) is 0.684. The molecule has 0 fully saturated rings. The van der Waals surface area contributed by atoms with Gasteiger partial charge in [0.2, 0.25) is 0 Å². The smallest absolute Gasteiger partial charge is 0.0324 e. The summed E-state index contributed by atoms with van der Waals surface area (Å²) < 4.78 is 0. The summed E-state index contributed by atoms with van der Waals surface area (Å²) in [6.45, 7) is 13.9. The summed E-state index contributed by atoms with van der Waals surface area (Å²) in [5.41, 5.74) is 3.38. The van der Waals surface area contributed by atoms with Crippen LogP contribution in [0.15, 0.2) is 24.3 Å². The summed E-state index contributed by atoms with van der Waals surface area (Å²) in [7, 11) is 0. The number of likely N-dealkylation sites (N-methyl/N-ethyl adjacent to an activating group) is 1. The Morgan fingerprint density at radius 1 is 1.19 bits per heavy atom. The Kier molecular flexibility index (Phi) is 5.83. The molecule has 1 aliphatic carbocycles. The quantitative estimate of drug-likeness (QED) is 0.812. The number of fused-ring (bicyclic) bond motifs is 1. The summed E-state index contributed by atoms with van der Waals surface area (Å²) in [5, 5.41) is 3.80. The summed E-state index contributed by atoms with van der Waals surface area (Å²) in [6, 6.07) is 9.54. The van der Waals surface area contributed by atoms with Crippen LogP contribution in [0.3, 0.4) is 0 Å². The molecule has 0 radical (unpaired) electrons. The van der Waals surface area contributed by atoms with Gasteiger partial charge in [0, 0.05) is 19.1 Å². The van der Waals surface area contributed by atoms with E-state index in [0.717, 1.165) is 19.6 Å². The third-order valence-electron chi connectivity index (χ3n) is 4.93. The van der Waals surface area contributed by atoms with Crippen LogP contribution in [0.4, 0.5) is 0 Å². The van der Waals surface area contributed by atoms with E-state index in [9.17, 15) is 0 Å². The summed E-state index contributed by atoms with van der Waals surface area (Å²) >= 11 is 0. The highest BCUT2D eigenvalue weighted by Crippen LogP contribution is 2.41. The van der Waals surface area contributed by atoms with Gasteiger partial charge in [0.25, 0.3) is 0 Å². The molecule has 0 aliphatic heterocycles. The van der Waals surface area contributed by atoms with E-state index in [0.29, 0.717) is 11.5 Å². The van der Waals surface area contributed by atoms with E-state index in [4.69, 9.17) is 0 Å². The normalized spacial score (nSPS) is 20.5. The van der Waals surface area contributed by atoms with E-state index in [1.165, 1.54) is 36.9 Å². The Hall–Kier alpha value is -0.860. The Bertz CT molecular complexity index is 439. The second-order valence-corrected chi connectivity index (χ2v) is 6.95. The molecule has 0 spiro atoms. The first kappa shape index (κ1) is 16.5. The highest BCUT2D eigenvalue weighted by atomic mass is 15.1. The van der Waals surface area contributed by atoms with E-state index in [1.54, 1.807) is 0 Å². The second-order valence-electron chi connectivity index (χ2n) is 6.95. The van der Waals surface area contributed by atoms with Gasteiger partial charge in [0.1, 0.15) is 0 Å². The van der Waals surface area contributed by atoms with Crippen molar-refractivity contribution in [3.63, 3.8) is 0 Å². The van der Waals surface area contributed by atoms with Crippen molar-refractivity contribution in [1.29, 1.82) is 0 Å². The van der Waals surface area contributed by atoms with Crippen molar-refractivity contribution < 1.29 is 0 Å². The maximum absolute atomic E-state index is 3.80. The summed E-state index contributed by atoms with van der Waals surface area (Å²) in [5.74, 6) is 0. The molecule has 1 aliphatic rings. The third kappa shape index (κ3) is 4.08. The zero-order valence-electron chi connectivity index (χ0n) is 14.3. The first-order chi connectivity index (χ1) is 10.1. The van der Waals surface area contributed by atoms with Gasteiger partial charge in [-0.05, 0) is 48.9 Å². The van der Waals surface area contributed by atoms with Crippen LogP contribution in [-0.4, -0.2) is 31.1 Å². The van der Waals surface area contributed by atoms with Crippen molar-refractivity contribution in [2.75, 3.05) is 26.2 Å². The van der Waals surface area contributed by atoms with Gasteiger partial charge in [0.15, 0.2) is 0 Å². The minimum absolute atomic E-state index is 0.326. The van der Waals surface area contributed by atoms with Crippen molar-refractivity contribution in [3.05, 3.63) is 35.4 Å². The van der Waals surface area contributed by atoms with Crippen molar-refractivity contribution in [1.82, 2.24) is 10.2 Å². The van der Waals surface area contributed by atoms with Crippen LogP contribution in [0.1, 0.15) is 64.1 Å². The van der Waals surface area contributed by atoms with Gasteiger partial charge < -0.3 is 10.2 Å². The van der Waals surface area contributed by atoms with Crippen LogP contribution in [0.25, 0.3) is 0 Å². The van der Waals surface area contributed by atoms with Gasteiger partial charge in [-0.3, -0.25) is 0 Å². The number of nitrogens with zero attached hydrogens (tertiary/aromatic N) is 1. The Morgan fingerprint density at radius 3 is 2.67 bits per heavy atom. The van der Waals surface area contributed by atoms with E-state index in [2.05, 4.69) is 62.2 Å². The highest BCUT2D eigenvalue weighted by molar-refractivity contribution is 5.38. The molecule has 1 atom stereocenters. The standard InChI is InChI=1S/C19H32N2/c1-5-14-21(6-2)15-13-20-18-11-12-19(3,4)17-10-8-7-9-16(17)18/h7-10,18,20H,5-6,11-15H2,1-4H3. The number of rotatable bonds is 7. The van der Waals surface area contributed by atoms with Gasteiger partial charge in [-0.2, -0.15) is 0 Å². The van der Waals surface area contributed by atoms with Crippen molar-refractivity contribution in [2.45, 2.75) is 58.4 Å². The molecule has 1 aromatic carbocycles. The first-order valence-corrected chi connectivity index (χ1v) is 8.63. The van der Waals surface area contributed by atoms with Crippen LogP contribution >= 0.6 is 0 Å². The maximum Gasteiger partial charge on any atom is 0.0324 e. The van der Waals surface area contributed by atoms with Gasteiger partial charge in [-0.15, -0.1) is 0 Å². The lowest BCUT2D eigenvalue weighted by Gasteiger charge is -2.37. The average Bonchev–Trinajstić information content (AvgIpc) is 2.49. The van der Waals surface area contributed by atoms with Gasteiger partial charge in [0.05, 0.1) is 0 Å². The molecule has 118 valence electrons. The van der Waals surface area contributed by atoms with E-state index < -0.39 is 0 Å². The lowest BCUT2D eigenvalue weighted by Crippen LogP contribution is -2.37. The molecule has 21 heavy (non-hydrogen) atoms. The Balaban J connectivity index is 1.96. The van der Waals surface area contributed by atoms with E-state index in [1.807, 2.05) is 0 Å². The first-order valence-electron chi connectivity index (χ1n) is 8.63. The molecular formula is C19H32N2. The predicted molar refractivity (Wildman–Crippen MR) is 91.9 cm³/mol. The van der Waals surface area contributed by atoms with Crippen molar-refractivity contribution in [3.8, 4) is 0 Å². The zero-order valence-corrected chi connectivity index (χ0v) is 14.3. The largest absolute Gasteiger partial charge is 0.309 e. The lowest BCUT2D eigenvalue weighted by atomic mass is 9.71. The molecule has 0 aromatic heterocycles. The highest BCUT2D eigenvalue weighted by Gasteiger charge is 2.31. The number of benzene rings is 1. The molecular weight excluding hydrogens is 256 g/mol. The molecule has 0 saturated heterocycles. The monoisotopic (exact) mass is 288 g/mol. The number of hydrogen-bond acceptors (Lipinski definition) is 2. The average molecular weight is 288 g/mol. The Morgan fingerprint density at radius 2 is 1.95 bits per heavy atom. The molecule has 2 rings (SSSR count). The molecule has 1 unspecified atom stereocenters. The van der Waals surface area contributed by atoms with Crippen LogP contribution in [0.5, 0.6) is 0 Å². The molecule has 2 nitrogen and oxygen atoms in total. The second kappa shape index (κ2) is 7.42. The van der Waals surface area contributed by atoms with Crippen LogP contribution in [0.2, 0.25) is 0 Å². The van der Waals surface area contributed by atoms with E-state index >= 15 is 0 Å². The Labute approximate surface area is 130 Å².